The number of nitrogens with one attached hydrogen (secondary N) is 1. The van der Waals surface area contributed by atoms with Gasteiger partial charge in [-0.25, -0.2) is 0 Å². The minimum Gasteiger partial charge on any atom is -0.497 e. The number of benzene rings is 1. The number of hydrogen-bond acceptors (Lipinski definition) is 4. The van der Waals surface area contributed by atoms with Gasteiger partial charge < -0.3 is 10.1 Å². The van der Waals surface area contributed by atoms with Crippen molar-refractivity contribution in [3.8, 4) is 17.1 Å². The highest BCUT2D eigenvalue weighted by Gasteiger charge is 2.22. The molecule has 6 heteroatoms. The summed E-state index contributed by atoms with van der Waals surface area (Å²) in [4.78, 5) is 16.9. The number of carbonyl (C=O) groups is 1. The Labute approximate surface area is 177 Å². The van der Waals surface area contributed by atoms with Crippen molar-refractivity contribution in [2.75, 3.05) is 7.11 Å². The van der Waals surface area contributed by atoms with Gasteiger partial charge in [-0.2, -0.15) is 5.10 Å². The Balaban J connectivity index is 1.38. The first kappa shape index (κ1) is 20.1. The van der Waals surface area contributed by atoms with Crippen molar-refractivity contribution >= 4 is 5.91 Å². The van der Waals surface area contributed by atoms with Gasteiger partial charge in [0.2, 0.25) is 5.91 Å². The minimum absolute atomic E-state index is 0.0284. The van der Waals surface area contributed by atoms with Gasteiger partial charge in [0.15, 0.2) is 0 Å². The number of aryl methyl sites for hydroxylation is 1. The zero-order valence-corrected chi connectivity index (χ0v) is 17.4. The molecule has 2 heterocycles. The van der Waals surface area contributed by atoms with E-state index in [1.54, 1.807) is 7.11 Å². The molecular weight excluding hydrogens is 376 g/mol. The quantitative estimate of drug-likeness (QED) is 0.607. The molecule has 156 valence electrons. The smallest absolute Gasteiger partial charge is 0.220 e. The molecule has 1 saturated carbocycles. The molecule has 4 rings (SSSR count). The fourth-order valence-electron chi connectivity index (χ4n) is 3.99. The number of pyridine rings is 1. The van der Waals surface area contributed by atoms with Gasteiger partial charge in [-0.1, -0.05) is 31.0 Å². The molecule has 1 amide bonds. The Morgan fingerprint density at radius 3 is 2.67 bits per heavy atom. The molecule has 0 spiro atoms. The molecule has 6 nitrogen and oxygen atoms in total. The molecule has 0 saturated heterocycles. The lowest BCUT2D eigenvalue weighted by molar-refractivity contribution is -0.121. The molecule has 0 unspecified atom stereocenters. The molecule has 0 atom stereocenters. The minimum atomic E-state index is 0.0284. The van der Waals surface area contributed by atoms with Gasteiger partial charge in [-0.3, -0.25) is 14.5 Å². The highest BCUT2D eigenvalue weighted by molar-refractivity contribution is 5.76. The third kappa shape index (κ3) is 4.87. The van der Waals surface area contributed by atoms with Crippen LogP contribution in [-0.2, 0) is 17.8 Å². The standard InChI is InChI=1S/C24H28N4O2/c1-30-21-12-9-18(10-13-21)11-14-24(29)26-17-19-16-23(22-8-4-5-15-25-22)28(27-19)20-6-2-3-7-20/h4-5,8-10,12-13,15-16,20H,2-3,6-7,11,14,17H2,1H3,(H,26,29). The molecule has 30 heavy (non-hydrogen) atoms. The normalized spacial score (nSPS) is 14.0. The third-order valence-electron chi connectivity index (χ3n) is 5.65. The van der Waals surface area contributed by atoms with Crippen molar-refractivity contribution in [2.45, 2.75) is 51.1 Å². The van der Waals surface area contributed by atoms with E-state index in [1.165, 1.54) is 12.8 Å². The van der Waals surface area contributed by atoms with Crippen LogP contribution in [0.1, 0.15) is 49.4 Å². The summed E-state index contributed by atoms with van der Waals surface area (Å²) in [6, 6.07) is 16.2. The van der Waals surface area contributed by atoms with E-state index in [9.17, 15) is 4.79 Å². The van der Waals surface area contributed by atoms with Crippen LogP contribution in [0.2, 0.25) is 0 Å². The average Bonchev–Trinajstić information content (AvgIpc) is 3.47. The summed E-state index contributed by atoms with van der Waals surface area (Å²) in [6.07, 6.45) is 7.73. The van der Waals surface area contributed by atoms with E-state index in [2.05, 4.69) is 21.0 Å². The van der Waals surface area contributed by atoms with Gasteiger partial charge in [0, 0.05) is 12.6 Å². The second-order valence-electron chi connectivity index (χ2n) is 7.74. The fourth-order valence-corrected chi connectivity index (χ4v) is 3.99. The van der Waals surface area contributed by atoms with Crippen LogP contribution in [0.25, 0.3) is 11.4 Å². The van der Waals surface area contributed by atoms with Crippen molar-refractivity contribution in [2.24, 2.45) is 0 Å². The largest absolute Gasteiger partial charge is 0.497 e. The van der Waals surface area contributed by atoms with Gasteiger partial charge in [0.25, 0.3) is 0 Å². The first-order valence-electron chi connectivity index (χ1n) is 10.6. The van der Waals surface area contributed by atoms with Gasteiger partial charge in [-0.15, -0.1) is 0 Å². The molecule has 0 radical (unpaired) electrons. The van der Waals surface area contributed by atoms with Crippen LogP contribution in [-0.4, -0.2) is 27.8 Å². The van der Waals surface area contributed by atoms with E-state index in [0.29, 0.717) is 25.4 Å². The fraction of sp³-hybridized carbons (Fsp3) is 0.375. The van der Waals surface area contributed by atoms with Crippen LogP contribution in [0.4, 0.5) is 0 Å². The number of methoxy groups -OCH3 is 1. The van der Waals surface area contributed by atoms with E-state index in [1.807, 2.05) is 48.7 Å². The Hall–Kier alpha value is -3.15. The lowest BCUT2D eigenvalue weighted by Crippen LogP contribution is -2.23. The molecule has 1 N–H and O–H groups in total. The van der Waals surface area contributed by atoms with Crippen LogP contribution in [0.5, 0.6) is 5.75 Å². The molecular formula is C24H28N4O2. The van der Waals surface area contributed by atoms with E-state index in [4.69, 9.17) is 9.84 Å². The molecule has 0 aliphatic heterocycles. The number of amides is 1. The molecule has 2 aromatic heterocycles. The summed E-state index contributed by atoms with van der Waals surface area (Å²) in [5.74, 6) is 0.852. The predicted octanol–water partition coefficient (Wildman–Crippen LogP) is 4.32. The Morgan fingerprint density at radius 2 is 1.97 bits per heavy atom. The molecule has 1 aliphatic rings. The van der Waals surface area contributed by atoms with E-state index in [0.717, 1.165) is 41.2 Å². The number of hydrogen-bond donors (Lipinski definition) is 1. The lowest BCUT2D eigenvalue weighted by Gasteiger charge is -2.13. The van der Waals surface area contributed by atoms with Crippen LogP contribution >= 0.6 is 0 Å². The third-order valence-corrected chi connectivity index (χ3v) is 5.65. The first-order valence-corrected chi connectivity index (χ1v) is 10.6. The zero-order chi connectivity index (χ0) is 20.8. The second-order valence-corrected chi connectivity index (χ2v) is 7.74. The van der Waals surface area contributed by atoms with Gasteiger partial charge in [-0.05, 0) is 55.2 Å². The van der Waals surface area contributed by atoms with Crippen molar-refractivity contribution in [1.82, 2.24) is 20.1 Å². The highest BCUT2D eigenvalue weighted by atomic mass is 16.5. The monoisotopic (exact) mass is 404 g/mol. The van der Waals surface area contributed by atoms with Gasteiger partial charge >= 0.3 is 0 Å². The molecule has 1 aromatic carbocycles. The number of aromatic nitrogens is 3. The van der Waals surface area contributed by atoms with Crippen molar-refractivity contribution < 1.29 is 9.53 Å². The predicted molar refractivity (Wildman–Crippen MR) is 116 cm³/mol. The maximum Gasteiger partial charge on any atom is 0.220 e. The maximum atomic E-state index is 12.3. The van der Waals surface area contributed by atoms with Crippen molar-refractivity contribution in [3.63, 3.8) is 0 Å². The van der Waals surface area contributed by atoms with Crippen LogP contribution < -0.4 is 10.1 Å². The summed E-state index contributed by atoms with van der Waals surface area (Å²) in [5.41, 5.74) is 3.95. The van der Waals surface area contributed by atoms with E-state index >= 15 is 0 Å². The van der Waals surface area contributed by atoms with Crippen molar-refractivity contribution in [1.29, 1.82) is 0 Å². The summed E-state index contributed by atoms with van der Waals surface area (Å²) < 4.78 is 7.29. The second kappa shape index (κ2) is 9.57. The number of rotatable bonds is 8. The topological polar surface area (TPSA) is 69.0 Å². The van der Waals surface area contributed by atoms with Crippen LogP contribution in [0.15, 0.2) is 54.7 Å². The van der Waals surface area contributed by atoms with Crippen molar-refractivity contribution in [3.05, 3.63) is 66.0 Å². The Kier molecular flexibility index (Phi) is 6.42. The summed E-state index contributed by atoms with van der Waals surface area (Å²) in [5, 5.41) is 7.84. The maximum absolute atomic E-state index is 12.3. The van der Waals surface area contributed by atoms with E-state index in [-0.39, 0.29) is 5.91 Å². The number of carbonyl (C=O) groups excluding carboxylic acids is 1. The van der Waals surface area contributed by atoms with Gasteiger partial charge in [0.1, 0.15) is 5.75 Å². The molecule has 1 aliphatic carbocycles. The Bertz CT molecular complexity index is 961. The number of nitrogens with zero attached hydrogens (tertiary/aromatic N) is 3. The number of ether oxygens (including phenoxy) is 1. The molecule has 1 fully saturated rings. The SMILES string of the molecule is COc1ccc(CCC(=O)NCc2cc(-c3ccccn3)n(C3CCCC3)n2)cc1. The summed E-state index contributed by atoms with van der Waals surface area (Å²) in [6.45, 7) is 0.432. The molecule has 0 bridgehead atoms. The van der Waals surface area contributed by atoms with Crippen LogP contribution in [0.3, 0.4) is 0 Å². The Morgan fingerprint density at radius 1 is 1.17 bits per heavy atom. The summed E-state index contributed by atoms with van der Waals surface area (Å²) in [7, 11) is 1.65. The van der Waals surface area contributed by atoms with E-state index < -0.39 is 0 Å². The zero-order valence-electron chi connectivity index (χ0n) is 17.4. The first-order chi connectivity index (χ1) is 14.7. The average molecular weight is 405 g/mol. The van der Waals surface area contributed by atoms with Crippen LogP contribution in [0, 0.1) is 0 Å². The molecule has 3 aromatic rings. The van der Waals surface area contributed by atoms with Gasteiger partial charge in [0.05, 0.1) is 36.8 Å². The highest BCUT2D eigenvalue weighted by Crippen LogP contribution is 2.33. The summed E-state index contributed by atoms with van der Waals surface area (Å²) >= 11 is 0. The lowest BCUT2D eigenvalue weighted by atomic mass is 10.1.